The van der Waals surface area contributed by atoms with Crippen molar-refractivity contribution in [2.45, 2.75) is 18.0 Å². The number of nitrogens with zero attached hydrogens (tertiary/aromatic N) is 3. The normalized spacial score (nSPS) is 12.5. The largest absolute Gasteiger partial charge is 0.468 e. The lowest BCUT2D eigenvalue weighted by atomic mass is 10.3. The highest BCUT2D eigenvalue weighted by molar-refractivity contribution is 7.99. The van der Waals surface area contributed by atoms with Crippen LogP contribution in [0.1, 0.15) is 6.92 Å². The van der Waals surface area contributed by atoms with Crippen molar-refractivity contribution >= 4 is 28.9 Å². The Morgan fingerprint density at radius 1 is 1.53 bits per heavy atom. The predicted molar refractivity (Wildman–Crippen MR) is 71.9 cm³/mol. The van der Waals surface area contributed by atoms with Crippen molar-refractivity contribution in [3.63, 3.8) is 0 Å². The number of imidazole rings is 1. The SMILES string of the molecule is CCNC(CSc1ncnc2nc[nH]c12)C(=O)OC. The molecule has 0 saturated heterocycles. The Kier molecular flexibility index (Phi) is 4.69. The number of aromatic nitrogens is 4. The molecule has 0 aliphatic heterocycles. The minimum atomic E-state index is -0.354. The number of carbonyl (C=O) groups excluding carboxylic acids is 1. The van der Waals surface area contributed by atoms with Gasteiger partial charge in [-0.1, -0.05) is 6.92 Å². The van der Waals surface area contributed by atoms with Crippen molar-refractivity contribution < 1.29 is 9.53 Å². The maximum atomic E-state index is 11.6. The minimum absolute atomic E-state index is 0.274. The number of hydrogen-bond donors (Lipinski definition) is 2. The molecule has 0 aliphatic rings. The monoisotopic (exact) mass is 281 g/mol. The summed E-state index contributed by atoms with van der Waals surface area (Å²) in [5, 5.41) is 3.85. The predicted octanol–water partition coefficient (Wildman–Crippen LogP) is 0.596. The molecule has 0 aromatic carbocycles. The van der Waals surface area contributed by atoms with Crippen LogP contribution in [0.5, 0.6) is 0 Å². The van der Waals surface area contributed by atoms with Gasteiger partial charge in [-0.25, -0.2) is 15.0 Å². The van der Waals surface area contributed by atoms with E-state index in [0.29, 0.717) is 17.9 Å². The Morgan fingerprint density at radius 3 is 3.11 bits per heavy atom. The van der Waals surface area contributed by atoms with Crippen molar-refractivity contribution in [3.05, 3.63) is 12.7 Å². The van der Waals surface area contributed by atoms with Gasteiger partial charge in [-0.15, -0.1) is 11.8 Å². The van der Waals surface area contributed by atoms with Gasteiger partial charge in [-0.3, -0.25) is 4.79 Å². The van der Waals surface area contributed by atoms with Crippen LogP contribution in [0.3, 0.4) is 0 Å². The highest BCUT2D eigenvalue weighted by Gasteiger charge is 2.19. The minimum Gasteiger partial charge on any atom is -0.468 e. The number of aromatic amines is 1. The van der Waals surface area contributed by atoms with Crippen molar-refractivity contribution in [3.8, 4) is 0 Å². The zero-order valence-corrected chi connectivity index (χ0v) is 11.5. The van der Waals surface area contributed by atoms with E-state index in [-0.39, 0.29) is 12.0 Å². The average Bonchev–Trinajstić information content (AvgIpc) is 2.91. The van der Waals surface area contributed by atoms with E-state index in [0.717, 1.165) is 10.5 Å². The van der Waals surface area contributed by atoms with Crippen LogP contribution in [0.2, 0.25) is 0 Å². The summed E-state index contributed by atoms with van der Waals surface area (Å²) in [6.07, 6.45) is 3.04. The van der Waals surface area contributed by atoms with Crippen LogP contribution in [0, 0.1) is 0 Å². The molecule has 7 nitrogen and oxygen atoms in total. The van der Waals surface area contributed by atoms with E-state index in [9.17, 15) is 4.79 Å². The Morgan fingerprint density at radius 2 is 2.37 bits per heavy atom. The number of H-pyrrole nitrogens is 1. The van der Waals surface area contributed by atoms with Crippen LogP contribution in [-0.4, -0.2) is 51.4 Å². The first-order valence-electron chi connectivity index (χ1n) is 5.84. The number of fused-ring (bicyclic) bond motifs is 1. The molecule has 2 heterocycles. The fourth-order valence-corrected chi connectivity index (χ4v) is 2.61. The fourth-order valence-electron chi connectivity index (χ4n) is 1.61. The molecule has 0 fully saturated rings. The summed E-state index contributed by atoms with van der Waals surface area (Å²) in [6.45, 7) is 2.64. The van der Waals surface area contributed by atoms with Gasteiger partial charge in [0.15, 0.2) is 5.65 Å². The Bertz CT molecular complexity index is 559. The lowest BCUT2D eigenvalue weighted by Gasteiger charge is -2.14. The lowest BCUT2D eigenvalue weighted by molar-refractivity contribution is -0.142. The van der Waals surface area contributed by atoms with E-state index in [1.807, 2.05) is 6.92 Å². The second-order valence-electron chi connectivity index (χ2n) is 3.72. The summed E-state index contributed by atoms with van der Waals surface area (Å²) in [7, 11) is 1.38. The van der Waals surface area contributed by atoms with Crippen molar-refractivity contribution in [1.82, 2.24) is 25.3 Å². The Hall–Kier alpha value is -1.67. The molecule has 0 saturated carbocycles. The number of carbonyl (C=O) groups is 1. The van der Waals surface area contributed by atoms with Gasteiger partial charge in [0.2, 0.25) is 0 Å². The summed E-state index contributed by atoms with van der Waals surface area (Å²) < 4.78 is 4.76. The van der Waals surface area contributed by atoms with Gasteiger partial charge < -0.3 is 15.0 Å². The molecule has 1 atom stereocenters. The van der Waals surface area contributed by atoms with E-state index in [2.05, 4.69) is 25.3 Å². The van der Waals surface area contributed by atoms with Gasteiger partial charge in [-0.2, -0.15) is 0 Å². The summed E-state index contributed by atoms with van der Waals surface area (Å²) in [5.74, 6) is 0.260. The average molecular weight is 281 g/mol. The molecule has 0 amide bonds. The molecular formula is C11H15N5O2S. The van der Waals surface area contributed by atoms with Crippen LogP contribution < -0.4 is 5.32 Å². The topological polar surface area (TPSA) is 92.8 Å². The molecule has 8 heteroatoms. The number of hydrogen-bond acceptors (Lipinski definition) is 7. The number of methoxy groups -OCH3 is 1. The van der Waals surface area contributed by atoms with Crippen LogP contribution in [0.25, 0.3) is 11.2 Å². The summed E-state index contributed by atoms with van der Waals surface area (Å²) in [6, 6.07) is -0.354. The highest BCUT2D eigenvalue weighted by atomic mass is 32.2. The third-order valence-electron chi connectivity index (χ3n) is 2.51. The Labute approximate surface area is 114 Å². The first-order valence-corrected chi connectivity index (χ1v) is 6.83. The Balaban J connectivity index is 2.08. The standard InChI is InChI=1S/C11H15N5O2S/c1-3-12-7(11(17)18-2)4-19-10-8-9(14-5-13-8)15-6-16-10/h5-7,12H,3-4H2,1-2H3,(H,13,14,15,16). The van der Waals surface area contributed by atoms with Gasteiger partial charge in [0, 0.05) is 5.75 Å². The summed E-state index contributed by atoms with van der Waals surface area (Å²) in [4.78, 5) is 26.9. The second kappa shape index (κ2) is 6.48. The van der Waals surface area contributed by atoms with Crippen LogP contribution in [0.4, 0.5) is 0 Å². The first-order chi connectivity index (χ1) is 9.26. The fraction of sp³-hybridized carbons (Fsp3) is 0.455. The maximum Gasteiger partial charge on any atom is 0.323 e. The van der Waals surface area contributed by atoms with Gasteiger partial charge >= 0.3 is 5.97 Å². The number of likely N-dealkylation sites (N-methyl/N-ethyl adjacent to an activating group) is 1. The van der Waals surface area contributed by atoms with Gasteiger partial charge in [0.05, 0.1) is 13.4 Å². The van der Waals surface area contributed by atoms with Crippen LogP contribution in [-0.2, 0) is 9.53 Å². The summed E-state index contributed by atoms with van der Waals surface area (Å²) in [5.41, 5.74) is 1.41. The molecule has 0 aliphatic carbocycles. The first kappa shape index (κ1) is 13.8. The molecule has 0 radical (unpaired) electrons. The van der Waals surface area contributed by atoms with Gasteiger partial charge in [0.25, 0.3) is 0 Å². The molecule has 2 aromatic heterocycles. The van der Waals surface area contributed by atoms with Crippen LogP contribution in [0.15, 0.2) is 17.7 Å². The molecule has 0 spiro atoms. The maximum absolute atomic E-state index is 11.6. The molecule has 19 heavy (non-hydrogen) atoms. The van der Waals surface area contributed by atoms with Crippen molar-refractivity contribution in [2.75, 3.05) is 19.4 Å². The molecule has 2 rings (SSSR count). The molecule has 1 unspecified atom stereocenters. The number of esters is 1. The van der Waals surface area contributed by atoms with E-state index >= 15 is 0 Å². The number of rotatable bonds is 6. The third kappa shape index (κ3) is 3.21. The smallest absolute Gasteiger partial charge is 0.323 e. The number of ether oxygens (including phenoxy) is 1. The van der Waals surface area contributed by atoms with Crippen molar-refractivity contribution in [1.29, 1.82) is 0 Å². The molecule has 2 N–H and O–H groups in total. The van der Waals surface area contributed by atoms with Crippen molar-refractivity contribution in [2.24, 2.45) is 0 Å². The zero-order chi connectivity index (χ0) is 13.7. The molecule has 0 bridgehead atoms. The zero-order valence-electron chi connectivity index (χ0n) is 10.7. The van der Waals surface area contributed by atoms with E-state index in [4.69, 9.17) is 4.74 Å². The lowest BCUT2D eigenvalue weighted by Crippen LogP contribution is -2.39. The van der Waals surface area contributed by atoms with Gasteiger partial charge in [0.1, 0.15) is 22.9 Å². The van der Waals surface area contributed by atoms with Crippen LogP contribution >= 0.6 is 11.8 Å². The molecule has 102 valence electrons. The number of thioether (sulfide) groups is 1. The van der Waals surface area contributed by atoms with E-state index < -0.39 is 0 Å². The quantitative estimate of drug-likeness (QED) is 0.455. The summed E-state index contributed by atoms with van der Waals surface area (Å²) >= 11 is 1.46. The molecular weight excluding hydrogens is 266 g/mol. The van der Waals surface area contributed by atoms with E-state index in [1.165, 1.54) is 25.2 Å². The van der Waals surface area contributed by atoms with Gasteiger partial charge in [-0.05, 0) is 6.54 Å². The highest BCUT2D eigenvalue weighted by Crippen LogP contribution is 2.22. The second-order valence-corrected chi connectivity index (χ2v) is 4.73. The third-order valence-corrected chi connectivity index (χ3v) is 3.59. The van der Waals surface area contributed by atoms with E-state index in [1.54, 1.807) is 6.33 Å². The number of nitrogens with one attached hydrogen (secondary N) is 2. The molecule has 2 aromatic rings.